The highest BCUT2D eigenvalue weighted by Gasteiger charge is 2.24. The van der Waals surface area contributed by atoms with Gasteiger partial charge in [-0.2, -0.15) is 0 Å². The molecule has 1 fully saturated rings. The van der Waals surface area contributed by atoms with Crippen LogP contribution in [0, 0.1) is 5.92 Å². The third-order valence-corrected chi connectivity index (χ3v) is 3.20. The Morgan fingerprint density at radius 3 is 2.62 bits per heavy atom. The number of hydrogen-bond donors (Lipinski definition) is 3. The Morgan fingerprint density at radius 1 is 1.29 bits per heavy atom. The second-order valence-corrected chi connectivity index (χ2v) is 4.73. The van der Waals surface area contributed by atoms with Gasteiger partial charge in [-0.15, -0.1) is 0 Å². The zero-order valence-corrected chi connectivity index (χ0v) is 11.6. The van der Waals surface area contributed by atoms with E-state index in [1.165, 1.54) is 7.11 Å². The van der Waals surface area contributed by atoms with Gasteiger partial charge in [-0.3, -0.25) is 14.9 Å². The van der Waals surface area contributed by atoms with Crippen LogP contribution in [0.4, 0.5) is 16.2 Å². The normalized spacial score (nSPS) is 17.6. The summed E-state index contributed by atoms with van der Waals surface area (Å²) in [5, 5.41) is 7.97. The van der Waals surface area contributed by atoms with Crippen molar-refractivity contribution in [2.45, 2.75) is 12.8 Å². The second-order valence-electron chi connectivity index (χ2n) is 4.73. The fourth-order valence-corrected chi connectivity index (χ4v) is 2.04. The molecular weight excluding hydrogens is 274 g/mol. The molecule has 0 aromatic heterocycles. The van der Waals surface area contributed by atoms with E-state index in [0.29, 0.717) is 30.8 Å². The number of piperidine rings is 1. The van der Waals surface area contributed by atoms with Crippen LogP contribution >= 0.6 is 0 Å². The molecule has 7 nitrogen and oxygen atoms in total. The summed E-state index contributed by atoms with van der Waals surface area (Å²) in [6.45, 7) is 0.352. The topological polar surface area (TPSA) is 96.5 Å². The molecule has 0 saturated carbocycles. The van der Waals surface area contributed by atoms with Gasteiger partial charge in [0.15, 0.2) is 0 Å². The van der Waals surface area contributed by atoms with Crippen LogP contribution < -0.4 is 16.0 Å². The summed E-state index contributed by atoms with van der Waals surface area (Å²) in [5.74, 6) is -0.409. The fourth-order valence-electron chi connectivity index (χ4n) is 2.04. The minimum atomic E-state index is -0.575. The highest BCUT2D eigenvalue weighted by molar-refractivity contribution is 5.95. The first kappa shape index (κ1) is 14.8. The number of ether oxygens (including phenoxy) is 1. The molecule has 1 aliphatic heterocycles. The van der Waals surface area contributed by atoms with Gasteiger partial charge in [0.05, 0.1) is 13.0 Å². The Kier molecular flexibility index (Phi) is 4.76. The number of hydrogen-bond acceptors (Lipinski definition) is 4. The lowest BCUT2D eigenvalue weighted by atomic mass is 9.98. The van der Waals surface area contributed by atoms with Crippen LogP contribution in [0.15, 0.2) is 24.3 Å². The van der Waals surface area contributed by atoms with Crippen molar-refractivity contribution in [3.05, 3.63) is 24.3 Å². The van der Waals surface area contributed by atoms with Gasteiger partial charge in [-0.25, -0.2) is 4.79 Å². The summed E-state index contributed by atoms with van der Waals surface area (Å²) in [6.07, 6.45) is 0.327. The lowest BCUT2D eigenvalue weighted by Crippen LogP contribution is -2.40. The Labute approximate surface area is 122 Å². The summed E-state index contributed by atoms with van der Waals surface area (Å²) < 4.78 is 4.50. The standard InChI is InChI=1S/C14H17N3O4/c1-21-14(20)17-11-4-2-3-10(7-11)16-13(19)9-5-6-12(18)15-8-9/h2-4,7,9H,5-6,8H2,1H3,(H,15,18)(H,16,19)(H,17,20). The number of amides is 3. The molecular formula is C14H17N3O4. The van der Waals surface area contributed by atoms with E-state index in [1.54, 1.807) is 24.3 Å². The predicted molar refractivity (Wildman–Crippen MR) is 76.8 cm³/mol. The molecule has 3 amide bonds. The van der Waals surface area contributed by atoms with Gasteiger partial charge in [-0.05, 0) is 24.6 Å². The average molecular weight is 291 g/mol. The van der Waals surface area contributed by atoms with E-state index in [2.05, 4.69) is 20.7 Å². The van der Waals surface area contributed by atoms with Gasteiger partial charge < -0.3 is 15.4 Å². The van der Waals surface area contributed by atoms with E-state index in [-0.39, 0.29) is 17.7 Å². The summed E-state index contributed by atoms with van der Waals surface area (Å²) in [5.41, 5.74) is 1.10. The van der Waals surface area contributed by atoms with E-state index in [9.17, 15) is 14.4 Å². The van der Waals surface area contributed by atoms with Gasteiger partial charge in [0, 0.05) is 24.3 Å². The molecule has 0 radical (unpaired) electrons. The maximum atomic E-state index is 12.1. The van der Waals surface area contributed by atoms with Crippen molar-refractivity contribution in [2.75, 3.05) is 24.3 Å². The van der Waals surface area contributed by atoms with E-state index >= 15 is 0 Å². The number of rotatable bonds is 3. The molecule has 0 bridgehead atoms. The Balaban J connectivity index is 1.96. The lowest BCUT2D eigenvalue weighted by Gasteiger charge is -2.21. The van der Waals surface area contributed by atoms with Gasteiger partial charge in [0.2, 0.25) is 11.8 Å². The van der Waals surface area contributed by atoms with E-state index in [1.807, 2.05) is 0 Å². The maximum Gasteiger partial charge on any atom is 0.411 e. The van der Waals surface area contributed by atoms with Crippen LogP contribution in [0.3, 0.4) is 0 Å². The quantitative estimate of drug-likeness (QED) is 0.782. The van der Waals surface area contributed by atoms with E-state index in [4.69, 9.17) is 0 Å². The van der Waals surface area contributed by atoms with Crippen LogP contribution in [0.25, 0.3) is 0 Å². The zero-order valence-electron chi connectivity index (χ0n) is 11.6. The van der Waals surface area contributed by atoms with Gasteiger partial charge in [-0.1, -0.05) is 6.07 Å². The SMILES string of the molecule is COC(=O)Nc1cccc(NC(=O)C2CCC(=O)NC2)c1. The number of anilines is 2. The van der Waals surface area contributed by atoms with Crippen LogP contribution in [-0.4, -0.2) is 31.6 Å². The molecule has 0 aliphatic carbocycles. The Morgan fingerprint density at radius 2 is 2.00 bits per heavy atom. The monoisotopic (exact) mass is 291 g/mol. The van der Waals surface area contributed by atoms with Crippen molar-refractivity contribution < 1.29 is 19.1 Å². The number of methoxy groups -OCH3 is 1. The summed E-state index contributed by atoms with van der Waals surface area (Å²) in [4.78, 5) is 34.3. The molecule has 2 rings (SSSR count). The molecule has 1 aliphatic rings. The number of carbonyl (C=O) groups excluding carboxylic acids is 3. The fraction of sp³-hybridized carbons (Fsp3) is 0.357. The van der Waals surface area contributed by atoms with Crippen molar-refractivity contribution in [3.63, 3.8) is 0 Å². The first-order valence-corrected chi connectivity index (χ1v) is 6.61. The van der Waals surface area contributed by atoms with Gasteiger partial charge in [0.1, 0.15) is 0 Å². The van der Waals surface area contributed by atoms with Gasteiger partial charge in [0.25, 0.3) is 0 Å². The highest BCUT2D eigenvalue weighted by atomic mass is 16.5. The molecule has 112 valence electrons. The van der Waals surface area contributed by atoms with Crippen molar-refractivity contribution in [1.29, 1.82) is 0 Å². The third-order valence-electron chi connectivity index (χ3n) is 3.20. The first-order chi connectivity index (χ1) is 10.1. The van der Waals surface area contributed by atoms with E-state index < -0.39 is 6.09 Å². The molecule has 1 unspecified atom stereocenters. The summed E-state index contributed by atoms with van der Waals surface area (Å²) in [7, 11) is 1.28. The zero-order chi connectivity index (χ0) is 15.2. The van der Waals surface area contributed by atoms with Crippen LogP contribution in [0.1, 0.15) is 12.8 Å². The molecule has 1 atom stereocenters. The minimum Gasteiger partial charge on any atom is -0.453 e. The minimum absolute atomic E-state index is 0.0247. The van der Waals surface area contributed by atoms with Crippen LogP contribution in [0.2, 0.25) is 0 Å². The smallest absolute Gasteiger partial charge is 0.411 e. The van der Waals surface area contributed by atoms with Crippen LogP contribution in [-0.2, 0) is 14.3 Å². The summed E-state index contributed by atoms with van der Waals surface area (Å²) >= 11 is 0. The lowest BCUT2D eigenvalue weighted by molar-refractivity contribution is -0.126. The largest absolute Gasteiger partial charge is 0.453 e. The van der Waals surface area contributed by atoms with E-state index in [0.717, 1.165) is 0 Å². The first-order valence-electron chi connectivity index (χ1n) is 6.61. The molecule has 7 heteroatoms. The predicted octanol–water partition coefficient (Wildman–Crippen LogP) is 1.33. The number of benzene rings is 1. The van der Waals surface area contributed by atoms with Gasteiger partial charge >= 0.3 is 6.09 Å². The van der Waals surface area contributed by atoms with Crippen molar-refractivity contribution in [3.8, 4) is 0 Å². The van der Waals surface area contributed by atoms with Crippen molar-refractivity contribution in [1.82, 2.24) is 5.32 Å². The Bertz CT molecular complexity index is 549. The summed E-state index contributed by atoms with van der Waals surface area (Å²) in [6, 6.07) is 6.76. The second kappa shape index (κ2) is 6.74. The highest BCUT2D eigenvalue weighted by Crippen LogP contribution is 2.18. The molecule has 1 saturated heterocycles. The molecule has 1 aromatic carbocycles. The molecule has 3 N–H and O–H groups in total. The average Bonchev–Trinajstić information content (AvgIpc) is 2.48. The number of nitrogens with one attached hydrogen (secondary N) is 3. The Hall–Kier alpha value is -2.57. The van der Waals surface area contributed by atoms with Crippen molar-refractivity contribution in [2.24, 2.45) is 5.92 Å². The van der Waals surface area contributed by atoms with Crippen molar-refractivity contribution >= 4 is 29.3 Å². The number of carbonyl (C=O) groups is 3. The molecule has 21 heavy (non-hydrogen) atoms. The maximum absolute atomic E-state index is 12.1. The molecule has 1 heterocycles. The molecule has 1 aromatic rings. The van der Waals surface area contributed by atoms with Crippen LogP contribution in [0.5, 0.6) is 0 Å². The molecule has 0 spiro atoms. The third kappa shape index (κ3) is 4.20.